The molecule has 0 atom stereocenters. The van der Waals surface area contributed by atoms with E-state index >= 15 is 0 Å². The Morgan fingerprint density at radius 2 is 2.06 bits per heavy atom. The minimum Gasteiger partial charge on any atom is -0.486 e. The van der Waals surface area contributed by atoms with E-state index < -0.39 is 11.7 Å². The zero-order valence-corrected chi connectivity index (χ0v) is 21.3. The third kappa shape index (κ3) is 6.85. The van der Waals surface area contributed by atoms with Crippen molar-refractivity contribution in [3.63, 3.8) is 0 Å². The normalized spacial score (nSPS) is 11.3. The highest BCUT2D eigenvalue weighted by Crippen LogP contribution is 2.31. The van der Waals surface area contributed by atoms with Gasteiger partial charge in [-0.25, -0.2) is 4.98 Å². The van der Waals surface area contributed by atoms with Crippen LogP contribution in [0.2, 0.25) is 0 Å². The minimum atomic E-state index is -4.48. The van der Waals surface area contributed by atoms with Gasteiger partial charge in [0, 0.05) is 20.6 Å². The van der Waals surface area contributed by atoms with Gasteiger partial charge in [0.1, 0.15) is 17.2 Å². The van der Waals surface area contributed by atoms with Crippen LogP contribution in [0.4, 0.5) is 18.3 Å². The number of amides is 2. The van der Waals surface area contributed by atoms with Crippen LogP contribution < -0.4 is 10.1 Å². The van der Waals surface area contributed by atoms with Crippen LogP contribution in [-0.4, -0.2) is 56.3 Å². The maximum Gasteiger partial charge on any atom is 0.416 e. The van der Waals surface area contributed by atoms with Gasteiger partial charge >= 0.3 is 6.18 Å². The number of aromatic nitrogens is 4. The average molecular weight is 541 g/mol. The fourth-order valence-corrected chi connectivity index (χ4v) is 4.66. The Bertz CT molecular complexity index is 1260. The summed E-state index contributed by atoms with van der Waals surface area (Å²) in [5.41, 5.74) is -0.291. The first kappa shape index (κ1) is 27.2. The van der Waals surface area contributed by atoms with Crippen molar-refractivity contribution in [1.82, 2.24) is 24.6 Å². The number of hydrogen-bond acceptors (Lipinski definition) is 8. The van der Waals surface area contributed by atoms with E-state index in [4.69, 9.17) is 4.74 Å². The Morgan fingerprint density at radius 3 is 2.72 bits per heavy atom. The van der Waals surface area contributed by atoms with Crippen molar-refractivity contribution in [3.05, 3.63) is 58.9 Å². The summed E-state index contributed by atoms with van der Waals surface area (Å²) in [5, 5.41) is 11.5. The molecule has 3 rings (SSSR count). The van der Waals surface area contributed by atoms with Crippen molar-refractivity contribution in [2.24, 2.45) is 0 Å². The molecule has 0 bridgehead atoms. The summed E-state index contributed by atoms with van der Waals surface area (Å²) in [6.45, 7) is 5.56. The molecule has 0 unspecified atom stereocenters. The largest absolute Gasteiger partial charge is 0.486 e. The quantitative estimate of drug-likeness (QED) is 0.303. The number of thiazole rings is 1. The number of hydrogen-bond donors (Lipinski definition) is 1. The Balaban J connectivity index is 1.63. The second-order valence-electron chi connectivity index (χ2n) is 7.58. The molecule has 1 N–H and O–H groups in total. The molecule has 1 aromatic carbocycles. The molecule has 2 amide bonds. The fraction of sp³-hybridized carbons (Fsp3) is 0.318. The third-order valence-electron chi connectivity index (χ3n) is 4.61. The molecule has 0 radical (unpaired) electrons. The van der Waals surface area contributed by atoms with Crippen LogP contribution in [0.1, 0.15) is 26.8 Å². The lowest BCUT2D eigenvalue weighted by Gasteiger charge is -2.11. The SMILES string of the molecule is C=CCn1c(COc2cccc(C(F)(F)F)c2)nnc1SCC(=O)Nc1nc(C)c(C(=O)N(C)C)s1. The summed E-state index contributed by atoms with van der Waals surface area (Å²) in [4.78, 5) is 30.7. The maximum absolute atomic E-state index is 12.9. The van der Waals surface area contributed by atoms with Crippen molar-refractivity contribution in [3.8, 4) is 5.75 Å². The van der Waals surface area contributed by atoms with E-state index in [1.807, 2.05) is 0 Å². The molecule has 0 fully saturated rings. The van der Waals surface area contributed by atoms with Gasteiger partial charge in [0.25, 0.3) is 5.91 Å². The summed E-state index contributed by atoms with van der Waals surface area (Å²) in [5.74, 6) is -0.167. The van der Waals surface area contributed by atoms with Gasteiger partial charge in [0.2, 0.25) is 5.91 Å². The maximum atomic E-state index is 12.9. The zero-order valence-electron chi connectivity index (χ0n) is 19.6. The number of anilines is 1. The molecule has 9 nitrogen and oxygen atoms in total. The van der Waals surface area contributed by atoms with Crippen LogP contribution in [0, 0.1) is 6.92 Å². The summed E-state index contributed by atoms with van der Waals surface area (Å²) < 4.78 is 45.9. The molecule has 0 spiro atoms. The molecule has 0 saturated carbocycles. The van der Waals surface area contributed by atoms with Crippen molar-refractivity contribution in [2.75, 3.05) is 25.2 Å². The number of carbonyl (C=O) groups is 2. The van der Waals surface area contributed by atoms with Crippen molar-refractivity contribution < 1.29 is 27.5 Å². The number of aryl methyl sites for hydroxylation is 1. The Labute approximate surface area is 213 Å². The lowest BCUT2D eigenvalue weighted by Crippen LogP contribution is -2.21. The molecule has 14 heteroatoms. The number of nitrogens with one attached hydrogen (secondary N) is 1. The smallest absolute Gasteiger partial charge is 0.416 e. The number of benzene rings is 1. The number of carbonyl (C=O) groups excluding carboxylic acids is 2. The number of thioether (sulfide) groups is 1. The molecular weight excluding hydrogens is 517 g/mol. The number of ether oxygens (including phenoxy) is 1. The minimum absolute atomic E-state index is 0.0145. The van der Waals surface area contributed by atoms with Crippen LogP contribution in [0.15, 0.2) is 42.1 Å². The second kappa shape index (κ2) is 11.6. The monoisotopic (exact) mass is 540 g/mol. The number of allylic oxidation sites excluding steroid dienone is 1. The van der Waals surface area contributed by atoms with E-state index in [1.54, 1.807) is 31.7 Å². The molecule has 3 aromatic rings. The third-order valence-corrected chi connectivity index (χ3v) is 6.64. The topological polar surface area (TPSA) is 102 Å². The summed E-state index contributed by atoms with van der Waals surface area (Å²) in [6, 6.07) is 4.55. The van der Waals surface area contributed by atoms with Crippen LogP contribution in [0.3, 0.4) is 0 Å². The van der Waals surface area contributed by atoms with Gasteiger partial charge in [0.05, 0.1) is 17.0 Å². The van der Waals surface area contributed by atoms with E-state index in [1.165, 1.54) is 17.0 Å². The molecule has 2 aromatic heterocycles. The van der Waals surface area contributed by atoms with E-state index in [2.05, 4.69) is 27.1 Å². The molecule has 36 heavy (non-hydrogen) atoms. The van der Waals surface area contributed by atoms with Gasteiger partial charge in [0.15, 0.2) is 16.1 Å². The number of rotatable bonds is 10. The summed E-state index contributed by atoms with van der Waals surface area (Å²) in [6.07, 6.45) is -2.88. The Hall–Kier alpha value is -3.39. The first-order chi connectivity index (χ1) is 17.0. The van der Waals surface area contributed by atoms with Crippen LogP contribution >= 0.6 is 23.1 Å². The molecule has 0 aliphatic rings. The van der Waals surface area contributed by atoms with Crippen molar-refractivity contribution in [1.29, 1.82) is 0 Å². The van der Waals surface area contributed by atoms with E-state index in [-0.39, 0.29) is 29.9 Å². The summed E-state index contributed by atoms with van der Waals surface area (Å²) in [7, 11) is 3.27. The van der Waals surface area contributed by atoms with Crippen LogP contribution in [-0.2, 0) is 24.1 Å². The molecule has 0 aliphatic carbocycles. The van der Waals surface area contributed by atoms with Crippen LogP contribution in [0.5, 0.6) is 5.75 Å². The molecule has 0 saturated heterocycles. The highest BCUT2D eigenvalue weighted by molar-refractivity contribution is 7.99. The predicted octanol–water partition coefficient (Wildman–Crippen LogP) is 4.26. The predicted molar refractivity (Wildman–Crippen MR) is 130 cm³/mol. The zero-order chi connectivity index (χ0) is 26.5. The Kier molecular flexibility index (Phi) is 8.74. The van der Waals surface area contributed by atoms with Gasteiger partial charge < -0.3 is 15.0 Å². The lowest BCUT2D eigenvalue weighted by atomic mass is 10.2. The molecule has 2 heterocycles. The highest BCUT2D eigenvalue weighted by atomic mass is 32.2. The van der Waals surface area contributed by atoms with Gasteiger partial charge in [-0.1, -0.05) is 35.2 Å². The lowest BCUT2D eigenvalue weighted by molar-refractivity contribution is -0.137. The van der Waals surface area contributed by atoms with E-state index in [0.717, 1.165) is 35.2 Å². The van der Waals surface area contributed by atoms with Crippen LogP contribution in [0.25, 0.3) is 0 Å². The van der Waals surface area contributed by atoms with E-state index in [9.17, 15) is 22.8 Å². The standard InChI is InChI=1S/C22H23F3N6O3S2/c1-5-9-31-16(11-34-15-8-6-7-14(10-15)22(23,24)25)28-29-21(31)35-12-17(32)27-20-26-13(2)18(36-20)19(33)30(3)4/h5-8,10H,1,9,11-12H2,2-4H3,(H,26,27,32). The average Bonchev–Trinajstić information content (AvgIpc) is 3.38. The fourth-order valence-electron chi connectivity index (χ4n) is 2.89. The van der Waals surface area contributed by atoms with Gasteiger partial charge in [-0.15, -0.1) is 16.8 Å². The molecule has 192 valence electrons. The Morgan fingerprint density at radius 1 is 1.31 bits per heavy atom. The first-order valence-electron chi connectivity index (χ1n) is 10.4. The molecular formula is C22H23F3N6O3S2. The number of alkyl halides is 3. The number of nitrogens with zero attached hydrogens (tertiary/aromatic N) is 5. The molecule has 0 aliphatic heterocycles. The summed E-state index contributed by atoms with van der Waals surface area (Å²) >= 11 is 2.20. The first-order valence-corrected chi connectivity index (χ1v) is 12.2. The van der Waals surface area contributed by atoms with Crippen molar-refractivity contribution in [2.45, 2.75) is 31.4 Å². The number of halogens is 3. The van der Waals surface area contributed by atoms with E-state index in [0.29, 0.717) is 33.2 Å². The van der Waals surface area contributed by atoms with Gasteiger partial charge in [-0.3, -0.25) is 14.2 Å². The van der Waals surface area contributed by atoms with Gasteiger partial charge in [-0.2, -0.15) is 13.2 Å². The van der Waals surface area contributed by atoms with Crippen molar-refractivity contribution >= 4 is 40.0 Å². The highest BCUT2D eigenvalue weighted by Gasteiger charge is 2.30. The van der Waals surface area contributed by atoms with Gasteiger partial charge in [-0.05, 0) is 25.1 Å². The second-order valence-corrected chi connectivity index (χ2v) is 9.52.